The van der Waals surface area contributed by atoms with Crippen LogP contribution in [0.4, 0.5) is 15.8 Å². The number of hydrogen-bond acceptors (Lipinski definition) is 2. The molecule has 0 aliphatic rings. The van der Waals surface area contributed by atoms with Crippen molar-refractivity contribution in [3.05, 3.63) is 57.3 Å². The fourth-order valence-corrected chi connectivity index (χ4v) is 1.95. The highest BCUT2D eigenvalue weighted by Crippen LogP contribution is 2.29. The standard InChI is InChI=1S/C13H7BrClFN2/c14-11-4-2-9(15)5-13(11)18-10-3-1-8(7-17)12(16)6-10/h1-6,18H. The van der Waals surface area contributed by atoms with Gasteiger partial charge in [-0.05, 0) is 52.3 Å². The van der Waals surface area contributed by atoms with E-state index in [1.807, 2.05) is 0 Å². The van der Waals surface area contributed by atoms with E-state index in [-0.39, 0.29) is 5.56 Å². The molecule has 90 valence electrons. The quantitative estimate of drug-likeness (QED) is 0.856. The summed E-state index contributed by atoms with van der Waals surface area (Å²) in [5.74, 6) is -0.555. The van der Waals surface area contributed by atoms with Crippen molar-refractivity contribution in [3.63, 3.8) is 0 Å². The van der Waals surface area contributed by atoms with Gasteiger partial charge in [-0.1, -0.05) is 11.6 Å². The Hall–Kier alpha value is -1.57. The van der Waals surface area contributed by atoms with Crippen LogP contribution in [-0.4, -0.2) is 0 Å². The average molecular weight is 326 g/mol. The molecule has 2 aromatic rings. The molecule has 0 bridgehead atoms. The summed E-state index contributed by atoms with van der Waals surface area (Å²) in [7, 11) is 0. The van der Waals surface area contributed by atoms with E-state index in [0.717, 1.165) is 10.2 Å². The molecule has 0 amide bonds. The summed E-state index contributed by atoms with van der Waals surface area (Å²) in [4.78, 5) is 0. The van der Waals surface area contributed by atoms with Gasteiger partial charge in [-0.2, -0.15) is 5.26 Å². The summed E-state index contributed by atoms with van der Waals surface area (Å²) in [6, 6.07) is 11.4. The smallest absolute Gasteiger partial charge is 0.143 e. The zero-order chi connectivity index (χ0) is 13.1. The van der Waals surface area contributed by atoms with Crippen LogP contribution in [-0.2, 0) is 0 Å². The maximum atomic E-state index is 13.4. The van der Waals surface area contributed by atoms with Crippen molar-refractivity contribution in [1.29, 1.82) is 5.26 Å². The molecule has 0 aliphatic carbocycles. The van der Waals surface area contributed by atoms with E-state index >= 15 is 0 Å². The van der Waals surface area contributed by atoms with Crippen LogP contribution in [0.25, 0.3) is 0 Å². The third-order valence-electron chi connectivity index (χ3n) is 2.30. The van der Waals surface area contributed by atoms with Gasteiger partial charge >= 0.3 is 0 Å². The maximum Gasteiger partial charge on any atom is 0.143 e. The second-order valence-electron chi connectivity index (χ2n) is 3.56. The van der Waals surface area contributed by atoms with Crippen LogP contribution in [0.3, 0.4) is 0 Å². The van der Waals surface area contributed by atoms with Crippen molar-refractivity contribution in [3.8, 4) is 6.07 Å². The lowest BCUT2D eigenvalue weighted by molar-refractivity contribution is 0.624. The third kappa shape index (κ3) is 2.81. The fraction of sp³-hybridized carbons (Fsp3) is 0. The minimum absolute atomic E-state index is 0.0192. The highest BCUT2D eigenvalue weighted by Gasteiger charge is 2.05. The molecule has 0 aromatic heterocycles. The molecule has 5 heteroatoms. The second-order valence-corrected chi connectivity index (χ2v) is 4.85. The van der Waals surface area contributed by atoms with Gasteiger partial charge in [0.1, 0.15) is 11.9 Å². The summed E-state index contributed by atoms with van der Waals surface area (Å²) >= 11 is 9.25. The molecule has 0 saturated carbocycles. The Morgan fingerprint density at radius 1 is 1.22 bits per heavy atom. The van der Waals surface area contributed by atoms with Gasteiger partial charge in [0.25, 0.3) is 0 Å². The number of nitriles is 1. The highest BCUT2D eigenvalue weighted by molar-refractivity contribution is 9.10. The van der Waals surface area contributed by atoms with Crippen molar-refractivity contribution in [2.24, 2.45) is 0 Å². The molecule has 2 aromatic carbocycles. The molecule has 18 heavy (non-hydrogen) atoms. The number of benzene rings is 2. The molecule has 2 rings (SSSR count). The van der Waals surface area contributed by atoms with E-state index in [4.69, 9.17) is 16.9 Å². The third-order valence-corrected chi connectivity index (χ3v) is 3.22. The molecule has 0 aliphatic heterocycles. The number of nitrogens with zero attached hydrogens (tertiary/aromatic N) is 1. The lowest BCUT2D eigenvalue weighted by Crippen LogP contribution is -1.93. The van der Waals surface area contributed by atoms with Crippen LogP contribution in [0.15, 0.2) is 40.9 Å². The molecule has 0 atom stereocenters. The lowest BCUT2D eigenvalue weighted by Gasteiger charge is -2.09. The molecule has 2 nitrogen and oxygen atoms in total. The molecule has 0 saturated heterocycles. The monoisotopic (exact) mass is 324 g/mol. The Labute approximate surface area is 117 Å². The first-order valence-electron chi connectivity index (χ1n) is 5.02. The zero-order valence-corrected chi connectivity index (χ0v) is 11.4. The Balaban J connectivity index is 2.32. The normalized spacial score (nSPS) is 9.89. The Bertz CT molecular complexity index is 637. The molecular weight excluding hydrogens is 319 g/mol. The first-order chi connectivity index (χ1) is 8.60. The first kappa shape index (κ1) is 12.9. The molecule has 0 spiro atoms. The van der Waals surface area contributed by atoms with Crippen LogP contribution in [0.5, 0.6) is 0 Å². The van der Waals surface area contributed by atoms with Crippen LogP contribution in [0.1, 0.15) is 5.56 Å². The van der Waals surface area contributed by atoms with Crippen molar-refractivity contribution >= 4 is 38.9 Å². The summed E-state index contributed by atoms with van der Waals surface area (Å²) in [5, 5.41) is 12.2. The van der Waals surface area contributed by atoms with E-state index in [1.54, 1.807) is 30.3 Å². The van der Waals surface area contributed by atoms with Gasteiger partial charge in [-0.3, -0.25) is 0 Å². The van der Waals surface area contributed by atoms with Crippen molar-refractivity contribution in [2.45, 2.75) is 0 Å². The van der Waals surface area contributed by atoms with Gasteiger partial charge in [0.05, 0.1) is 11.3 Å². The molecular formula is C13H7BrClFN2. The zero-order valence-electron chi connectivity index (χ0n) is 9.05. The Morgan fingerprint density at radius 3 is 2.67 bits per heavy atom. The van der Waals surface area contributed by atoms with E-state index in [0.29, 0.717) is 10.7 Å². The van der Waals surface area contributed by atoms with Gasteiger partial charge in [0.2, 0.25) is 0 Å². The molecule has 0 heterocycles. The molecule has 0 fully saturated rings. The summed E-state index contributed by atoms with van der Waals surface area (Å²) in [6.45, 7) is 0. The van der Waals surface area contributed by atoms with Crippen LogP contribution in [0.2, 0.25) is 5.02 Å². The minimum atomic E-state index is -0.555. The Morgan fingerprint density at radius 2 is 2.00 bits per heavy atom. The number of anilines is 2. The molecule has 0 unspecified atom stereocenters. The van der Waals surface area contributed by atoms with Crippen LogP contribution < -0.4 is 5.32 Å². The Kier molecular flexibility index (Phi) is 3.85. The van der Waals surface area contributed by atoms with Gasteiger partial charge in [0, 0.05) is 15.2 Å². The number of halogens is 3. The van der Waals surface area contributed by atoms with E-state index in [1.165, 1.54) is 12.1 Å². The summed E-state index contributed by atoms with van der Waals surface area (Å²) < 4.78 is 14.2. The maximum absolute atomic E-state index is 13.4. The van der Waals surface area contributed by atoms with E-state index < -0.39 is 5.82 Å². The first-order valence-corrected chi connectivity index (χ1v) is 6.19. The number of hydrogen-bond donors (Lipinski definition) is 1. The van der Waals surface area contributed by atoms with E-state index in [2.05, 4.69) is 21.2 Å². The molecule has 0 radical (unpaired) electrons. The lowest BCUT2D eigenvalue weighted by atomic mass is 10.2. The molecule has 1 N–H and O–H groups in total. The fourth-order valence-electron chi connectivity index (χ4n) is 1.43. The van der Waals surface area contributed by atoms with Gasteiger partial charge in [0.15, 0.2) is 0 Å². The topological polar surface area (TPSA) is 35.8 Å². The predicted octanol–water partition coefficient (Wildman–Crippen LogP) is 4.86. The van der Waals surface area contributed by atoms with E-state index in [9.17, 15) is 4.39 Å². The largest absolute Gasteiger partial charge is 0.354 e. The van der Waals surface area contributed by atoms with Crippen LogP contribution in [0, 0.1) is 17.1 Å². The average Bonchev–Trinajstić information content (AvgIpc) is 2.34. The van der Waals surface area contributed by atoms with Gasteiger partial charge in [-0.25, -0.2) is 4.39 Å². The second kappa shape index (κ2) is 5.38. The van der Waals surface area contributed by atoms with Crippen molar-refractivity contribution in [2.75, 3.05) is 5.32 Å². The van der Waals surface area contributed by atoms with Gasteiger partial charge in [-0.15, -0.1) is 0 Å². The van der Waals surface area contributed by atoms with Crippen molar-refractivity contribution < 1.29 is 4.39 Å². The van der Waals surface area contributed by atoms with Gasteiger partial charge < -0.3 is 5.32 Å². The number of rotatable bonds is 2. The minimum Gasteiger partial charge on any atom is -0.354 e. The van der Waals surface area contributed by atoms with Crippen molar-refractivity contribution in [1.82, 2.24) is 0 Å². The predicted molar refractivity (Wildman–Crippen MR) is 73.5 cm³/mol. The highest BCUT2D eigenvalue weighted by atomic mass is 79.9. The summed E-state index contributed by atoms with van der Waals surface area (Å²) in [5.41, 5.74) is 1.30. The SMILES string of the molecule is N#Cc1ccc(Nc2cc(Cl)ccc2Br)cc1F. The summed E-state index contributed by atoms with van der Waals surface area (Å²) in [6.07, 6.45) is 0. The van der Waals surface area contributed by atoms with Crippen LogP contribution >= 0.6 is 27.5 Å². The number of nitrogens with one attached hydrogen (secondary N) is 1.